The number of hydrogen-bond donors (Lipinski definition) is 1. The fraction of sp³-hybridized carbons (Fsp3) is 0.867. The van der Waals surface area contributed by atoms with Gasteiger partial charge in [-0.1, -0.05) is 19.8 Å². The first-order valence-electron chi connectivity index (χ1n) is 7.11. The molecule has 1 N–H and O–H groups in total. The van der Waals surface area contributed by atoms with E-state index in [0.29, 0.717) is 12.0 Å². The van der Waals surface area contributed by atoms with Gasteiger partial charge in [-0.05, 0) is 37.5 Å². The van der Waals surface area contributed by atoms with E-state index in [4.69, 9.17) is 6.42 Å². The van der Waals surface area contributed by atoms with E-state index < -0.39 is 0 Å². The van der Waals surface area contributed by atoms with Gasteiger partial charge in [0, 0.05) is 25.2 Å². The lowest BCUT2D eigenvalue weighted by Crippen LogP contribution is -2.47. The van der Waals surface area contributed by atoms with Crippen LogP contribution in [0.2, 0.25) is 0 Å². The van der Waals surface area contributed by atoms with Gasteiger partial charge in [0.05, 0.1) is 6.54 Å². The Bertz CT molecular complexity index is 271. The van der Waals surface area contributed by atoms with Crippen LogP contribution in [0.1, 0.15) is 39.5 Å². The van der Waals surface area contributed by atoms with E-state index in [1.807, 2.05) is 0 Å². The third kappa shape index (κ3) is 4.33. The molecule has 0 aliphatic heterocycles. The van der Waals surface area contributed by atoms with Crippen LogP contribution in [0.4, 0.5) is 0 Å². The van der Waals surface area contributed by atoms with Gasteiger partial charge >= 0.3 is 0 Å². The molecule has 0 radical (unpaired) electrons. The first-order valence-corrected chi connectivity index (χ1v) is 7.11. The molecule has 0 aromatic heterocycles. The van der Waals surface area contributed by atoms with Gasteiger partial charge in [-0.2, -0.15) is 0 Å². The summed E-state index contributed by atoms with van der Waals surface area (Å²) >= 11 is 0. The molecular formula is C15H26N2. The van der Waals surface area contributed by atoms with Crippen LogP contribution in [0, 0.1) is 24.2 Å². The highest BCUT2D eigenvalue weighted by Gasteiger charge is 2.30. The summed E-state index contributed by atoms with van der Waals surface area (Å²) in [6.45, 7) is 7.76. The standard InChI is InChI=1S/C15H26N2/c1-4-9-17(11-13-5-6-13)15(12(2)3)10-16-14-7-8-14/h1,12-16H,5-11H2,2-3H3. The van der Waals surface area contributed by atoms with Crippen molar-refractivity contribution in [2.24, 2.45) is 11.8 Å². The Morgan fingerprint density at radius 2 is 2.00 bits per heavy atom. The molecule has 0 spiro atoms. The van der Waals surface area contributed by atoms with Gasteiger partial charge in [0.2, 0.25) is 0 Å². The van der Waals surface area contributed by atoms with Crippen LogP contribution in [0.25, 0.3) is 0 Å². The van der Waals surface area contributed by atoms with Crippen molar-refractivity contribution in [3.63, 3.8) is 0 Å². The summed E-state index contributed by atoms with van der Waals surface area (Å²) in [7, 11) is 0. The second kappa shape index (κ2) is 5.89. The zero-order valence-corrected chi connectivity index (χ0v) is 11.3. The van der Waals surface area contributed by atoms with Gasteiger partial charge in [-0.3, -0.25) is 4.90 Å². The summed E-state index contributed by atoms with van der Waals surface area (Å²) in [6.07, 6.45) is 11.1. The SMILES string of the molecule is C#CCN(CC1CC1)C(CNC1CC1)C(C)C. The molecule has 2 heteroatoms. The van der Waals surface area contributed by atoms with Gasteiger partial charge in [0.15, 0.2) is 0 Å². The molecule has 2 saturated carbocycles. The number of hydrogen-bond acceptors (Lipinski definition) is 2. The van der Waals surface area contributed by atoms with Crippen molar-refractivity contribution in [2.45, 2.75) is 51.6 Å². The first kappa shape index (κ1) is 12.9. The van der Waals surface area contributed by atoms with Gasteiger partial charge in [-0.15, -0.1) is 6.42 Å². The first-order chi connectivity index (χ1) is 8.20. The lowest BCUT2D eigenvalue weighted by molar-refractivity contribution is 0.163. The van der Waals surface area contributed by atoms with Crippen molar-refractivity contribution >= 4 is 0 Å². The van der Waals surface area contributed by atoms with E-state index in [1.165, 1.54) is 32.2 Å². The van der Waals surface area contributed by atoms with Crippen LogP contribution >= 0.6 is 0 Å². The second-order valence-electron chi connectivity index (χ2n) is 6.07. The zero-order chi connectivity index (χ0) is 12.3. The Morgan fingerprint density at radius 1 is 1.29 bits per heavy atom. The molecule has 17 heavy (non-hydrogen) atoms. The number of nitrogens with zero attached hydrogens (tertiary/aromatic N) is 1. The molecule has 0 heterocycles. The molecule has 2 nitrogen and oxygen atoms in total. The molecule has 96 valence electrons. The van der Waals surface area contributed by atoms with Crippen LogP contribution in [0.15, 0.2) is 0 Å². The average molecular weight is 234 g/mol. The van der Waals surface area contributed by atoms with Crippen LogP contribution in [0.3, 0.4) is 0 Å². The van der Waals surface area contributed by atoms with Crippen LogP contribution < -0.4 is 5.32 Å². The van der Waals surface area contributed by atoms with E-state index in [1.54, 1.807) is 0 Å². The fourth-order valence-electron chi connectivity index (χ4n) is 2.43. The predicted molar refractivity (Wildman–Crippen MR) is 72.8 cm³/mol. The van der Waals surface area contributed by atoms with Crippen molar-refractivity contribution in [1.82, 2.24) is 10.2 Å². The molecule has 0 amide bonds. The molecule has 2 fully saturated rings. The average Bonchev–Trinajstić information content (AvgIpc) is 3.12. The smallest absolute Gasteiger partial charge is 0.0601 e. The van der Waals surface area contributed by atoms with Crippen molar-refractivity contribution in [3.8, 4) is 12.3 Å². The Labute approximate surface area is 106 Å². The molecular weight excluding hydrogens is 208 g/mol. The van der Waals surface area contributed by atoms with Crippen molar-refractivity contribution in [3.05, 3.63) is 0 Å². The number of rotatable bonds is 8. The molecule has 2 aliphatic carbocycles. The molecule has 0 bridgehead atoms. The summed E-state index contributed by atoms with van der Waals surface area (Å²) < 4.78 is 0. The topological polar surface area (TPSA) is 15.3 Å². The fourth-order valence-corrected chi connectivity index (χ4v) is 2.43. The van der Waals surface area contributed by atoms with Gasteiger partial charge < -0.3 is 5.32 Å². The van der Waals surface area contributed by atoms with E-state index >= 15 is 0 Å². The summed E-state index contributed by atoms with van der Waals surface area (Å²) in [5.74, 6) is 4.43. The van der Waals surface area contributed by atoms with E-state index in [9.17, 15) is 0 Å². The van der Waals surface area contributed by atoms with E-state index in [-0.39, 0.29) is 0 Å². The van der Waals surface area contributed by atoms with Crippen molar-refractivity contribution in [2.75, 3.05) is 19.6 Å². The molecule has 0 aromatic carbocycles. The highest BCUT2D eigenvalue weighted by atomic mass is 15.2. The Hall–Kier alpha value is -0.520. The molecule has 2 aliphatic rings. The minimum absolute atomic E-state index is 0.604. The van der Waals surface area contributed by atoms with Gasteiger partial charge in [0.1, 0.15) is 0 Å². The summed E-state index contributed by atoms with van der Waals surface area (Å²) in [6, 6.07) is 1.40. The monoisotopic (exact) mass is 234 g/mol. The third-order valence-electron chi connectivity index (χ3n) is 3.92. The van der Waals surface area contributed by atoms with Crippen molar-refractivity contribution < 1.29 is 0 Å². The van der Waals surface area contributed by atoms with Crippen LogP contribution in [-0.2, 0) is 0 Å². The summed E-state index contributed by atoms with van der Waals surface area (Å²) in [4.78, 5) is 2.53. The summed E-state index contributed by atoms with van der Waals surface area (Å²) in [5.41, 5.74) is 0. The zero-order valence-electron chi connectivity index (χ0n) is 11.3. The van der Waals surface area contributed by atoms with Crippen LogP contribution in [-0.4, -0.2) is 36.6 Å². The Morgan fingerprint density at radius 3 is 2.47 bits per heavy atom. The maximum Gasteiger partial charge on any atom is 0.0601 e. The normalized spacial score (nSPS) is 21.8. The molecule has 0 aromatic rings. The molecule has 2 rings (SSSR count). The molecule has 0 saturated heterocycles. The highest BCUT2D eigenvalue weighted by Crippen LogP contribution is 2.31. The highest BCUT2D eigenvalue weighted by molar-refractivity contribution is 4.94. The lowest BCUT2D eigenvalue weighted by Gasteiger charge is -2.33. The maximum atomic E-state index is 5.52. The summed E-state index contributed by atoms with van der Waals surface area (Å²) in [5, 5.41) is 3.66. The van der Waals surface area contributed by atoms with E-state index in [0.717, 1.165) is 25.0 Å². The van der Waals surface area contributed by atoms with Crippen LogP contribution in [0.5, 0.6) is 0 Å². The molecule has 1 unspecified atom stereocenters. The van der Waals surface area contributed by atoms with Gasteiger partial charge in [-0.25, -0.2) is 0 Å². The quantitative estimate of drug-likeness (QED) is 0.647. The predicted octanol–water partition coefficient (Wildman–Crippen LogP) is 2.11. The van der Waals surface area contributed by atoms with E-state index in [2.05, 4.69) is 30.0 Å². The largest absolute Gasteiger partial charge is 0.312 e. The Balaban J connectivity index is 1.85. The van der Waals surface area contributed by atoms with Crippen molar-refractivity contribution in [1.29, 1.82) is 0 Å². The minimum Gasteiger partial charge on any atom is -0.312 e. The van der Waals surface area contributed by atoms with Gasteiger partial charge in [0.25, 0.3) is 0 Å². The number of nitrogens with one attached hydrogen (secondary N) is 1. The maximum absolute atomic E-state index is 5.52. The second-order valence-corrected chi connectivity index (χ2v) is 6.07. The lowest BCUT2D eigenvalue weighted by atomic mass is 10.0. The third-order valence-corrected chi connectivity index (χ3v) is 3.92. The minimum atomic E-state index is 0.604. The Kier molecular flexibility index (Phi) is 4.48. The number of terminal acetylenes is 1. The molecule has 1 atom stereocenters.